The standard InChI is InChI=1S/C14H21NO2/c1-9(2)12(8-15)14(16)11-7-10(3)5-6-13(11)17-4/h5-7,9,12H,8,15H2,1-4H3. The van der Waals surface area contributed by atoms with Gasteiger partial charge in [0.05, 0.1) is 12.7 Å². The van der Waals surface area contributed by atoms with Gasteiger partial charge in [0.15, 0.2) is 5.78 Å². The molecule has 0 aromatic heterocycles. The SMILES string of the molecule is COc1ccc(C)cc1C(=O)C(CN)C(C)C. The summed E-state index contributed by atoms with van der Waals surface area (Å²) in [5, 5.41) is 0. The number of carbonyl (C=O) groups is 1. The molecule has 0 saturated heterocycles. The van der Waals surface area contributed by atoms with E-state index in [2.05, 4.69) is 0 Å². The third kappa shape index (κ3) is 3.07. The van der Waals surface area contributed by atoms with Crippen molar-refractivity contribution in [2.24, 2.45) is 17.6 Å². The fourth-order valence-electron chi connectivity index (χ4n) is 1.90. The maximum Gasteiger partial charge on any atom is 0.171 e. The van der Waals surface area contributed by atoms with E-state index in [9.17, 15) is 4.79 Å². The molecule has 0 radical (unpaired) electrons. The Hall–Kier alpha value is -1.35. The van der Waals surface area contributed by atoms with E-state index >= 15 is 0 Å². The number of hydrogen-bond donors (Lipinski definition) is 1. The Balaban J connectivity index is 3.13. The van der Waals surface area contributed by atoms with Crippen LogP contribution in [0.4, 0.5) is 0 Å². The van der Waals surface area contributed by atoms with Gasteiger partial charge in [-0.25, -0.2) is 0 Å². The molecular formula is C14H21NO2. The number of benzene rings is 1. The van der Waals surface area contributed by atoms with Crippen LogP contribution in [0, 0.1) is 18.8 Å². The number of methoxy groups -OCH3 is 1. The average Bonchev–Trinajstić information content (AvgIpc) is 2.29. The number of aryl methyl sites for hydroxylation is 1. The molecule has 3 nitrogen and oxygen atoms in total. The van der Waals surface area contributed by atoms with E-state index < -0.39 is 0 Å². The highest BCUT2D eigenvalue weighted by atomic mass is 16.5. The van der Waals surface area contributed by atoms with Crippen LogP contribution in [-0.4, -0.2) is 19.4 Å². The molecule has 94 valence electrons. The summed E-state index contributed by atoms with van der Waals surface area (Å²) in [5.74, 6) is 0.783. The molecule has 0 bridgehead atoms. The number of Topliss-reactive ketones (excluding diaryl/α,β-unsaturated/α-hetero) is 1. The third-order valence-corrected chi connectivity index (χ3v) is 3.02. The van der Waals surface area contributed by atoms with Crippen molar-refractivity contribution >= 4 is 5.78 Å². The minimum absolute atomic E-state index is 0.0723. The predicted octanol–water partition coefficient (Wildman–Crippen LogP) is 2.42. The van der Waals surface area contributed by atoms with Crippen molar-refractivity contribution in [3.63, 3.8) is 0 Å². The summed E-state index contributed by atoms with van der Waals surface area (Å²) in [6, 6.07) is 5.63. The second kappa shape index (κ2) is 5.82. The van der Waals surface area contributed by atoms with Crippen molar-refractivity contribution in [3.8, 4) is 5.75 Å². The topological polar surface area (TPSA) is 52.3 Å². The normalized spacial score (nSPS) is 12.6. The highest BCUT2D eigenvalue weighted by molar-refractivity contribution is 6.00. The molecule has 0 saturated carbocycles. The van der Waals surface area contributed by atoms with Gasteiger partial charge < -0.3 is 10.5 Å². The van der Waals surface area contributed by atoms with Crippen LogP contribution < -0.4 is 10.5 Å². The van der Waals surface area contributed by atoms with Gasteiger partial charge in [0.2, 0.25) is 0 Å². The van der Waals surface area contributed by atoms with Crippen LogP contribution in [0.1, 0.15) is 29.8 Å². The average molecular weight is 235 g/mol. The largest absolute Gasteiger partial charge is 0.496 e. The van der Waals surface area contributed by atoms with Crippen molar-refractivity contribution in [3.05, 3.63) is 29.3 Å². The third-order valence-electron chi connectivity index (χ3n) is 3.02. The molecule has 1 atom stereocenters. The lowest BCUT2D eigenvalue weighted by Crippen LogP contribution is -2.28. The van der Waals surface area contributed by atoms with E-state index in [1.807, 2.05) is 39.0 Å². The molecule has 3 heteroatoms. The Morgan fingerprint density at radius 3 is 2.53 bits per heavy atom. The second-order valence-electron chi connectivity index (χ2n) is 4.65. The summed E-state index contributed by atoms with van der Waals surface area (Å²) in [5.41, 5.74) is 7.37. The summed E-state index contributed by atoms with van der Waals surface area (Å²) in [6.07, 6.45) is 0. The van der Waals surface area contributed by atoms with E-state index in [0.29, 0.717) is 17.9 Å². The highest BCUT2D eigenvalue weighted by Gasteiger charge is 2.24. The number of ketones is 1. The first kappa shape index (κ1) is 13.7. The minimum Gasteiger partial charge on any atom is -0.496 e. The Morgan fingerprint density at radius 1 is 1.41 bits per heavy atom. The van der Waals surface area contributed by atoms with Crippen LogP contribution in [-0.2, 0) is 0 Å². The molecule has 2 N–H and O–H groups in total. The molecule has 1 aromatic carbocycles. The zero-order valence-electron chi connectivity index (χ0n) is 11.0. The van der Waals surface area contributed by atoms with E-state index in [-0.39, 0.29) is 17.6 Å². The molecule has 1 aromatic rings. The molecule has 0 fully saturated rings. The number of nitrogens with two attached hydrogens (primary N) is 1. The highest BCUT2D eigenvalue weighted by Crippen LogP contribution is 2.25. The zero-order chi connectivity index (χ0) is 13.0. The maximum atomic E-state index is 12.4. The van der Waals surface area contributed by atoms with Crippen molar-refractivity contribution in [2.75, 3.05) is 13.7 Å². The first-order valence-electron chi connectivity index (χ1n) is 5.90. The zero-order valence-corrected chi connectivity index (χ0v) is 11.0. The van der Waals surface area contributed by atoms with E-state index in [1.54, 1.807) is 7.11 Å². The molecule has 0 aliphatic rings. The molecule has 0 aliphatic carbocycles. The minimum atomic E-state index is -0.148. The van der Waals surface area contributed by atoms with E-state index in [1.165, 1.54) is 0 Å². The maximum absolute atomic E-state index is 12.4. The fraction of sp³-hybridized carbons (Fsp3) is 0.500. The van der Waals surface area contributed by atoms with Crippen LogP contribution >= 0.6 is 0 Å². The molecule has 0 amide bonds. The van der Waals surface area contributed by atoms with Gasteiger partial charge in [-0.05, 0) is 25.0 Å². The Morgan fingerprint density at radius 2 is 2.06 bits per heavy atom. The van der Waals surface area contributed by atoms with Gasteiger partial charge in [0, 0.05) is 12.5 Å². The first-order chi connectivity index (χ1) is 8.01. The Bertz CT molecular complexity index is 399. The summed E-state index contributed by atoms with van der Waals surface area (Å²) in [6.45, 7) is 6.35. The smallest absolute Gasteiger partial charge is 0.171 e. The van der Waals surface area contributed by atoms with Gasteiger partial charge >= 0.3 is 0 Å². The quantitative estimate of drug-likeness (QED) is 0.797. The van der Waals surface area contributed by atoms with Crippen molar-refractivity contribution in [2.45, 2.75) is 20.8 Å². The second-order valence-corrected chi connectivity index (χ2v) is 4.65. The van der Waals surface area contributed by atoms with Gasteiger partial charge in [-0.15, -0.1) is 0 Å². The van der Waals surface area contributed by atoms with Crippen LogP contribution in [0.15, 0.2) is 18.2 Å². The van der Waals surface area contributed by atoms with Crippen molar-refractivity contribution in [1.29, 1.82) is 0 Å². The van der Waals surface area contributed by atoms with Gasteiger partial charge in [-0.1, -0.05) is 25.5 Å². The number of carbonyl (C=O) groups excluding carboxylic acids is 1. The Kier molecular flexibility index (Phi) is 4.70. The van der Waals surface area contributed by atoms with Gasteiger partial charge in [-0.2, -0.15) is 0 Å². The van der Waals surface area contributed by atoms with Gasteiger partial charge in [0.25, 0.3) is 0 Å². The van der Waals surface area contributed by atoms with Crippen molar-refractivity contribution in [1.82, 2.24) is 0 Å². The Labute approximate surface area is 103 Å². The summed E-state index contributed by atoms with van der Waals surface area (Å²) in [7, 11) is 1.58. The molecule has 0 aliphatic heterocycles. The summed E-state index contributed by atoms with van der Waals surface area (Å²) in [4.78, 5) is 12.4. The van der Waals surface area contributed by atoms with Gasteiger partial charge in [0.1, 0.15) is 5.75 Å². The molecule has 17 heavy (non-hydrogen) atoms. The van der Waals surface area contributed by atoms with E-state index in [4.69, 9.17) is 10.5 Å². The predicted molar refractivity (Wildman–Crippen MR) is 69.4 cm³/mol. The summed E-state index contributed by atoms with van der Waals surface area (Å²) < 4.78 is 5.23. The summed E-state index contributed by atoms with van der Waals surface area (Å²) >= 11 is 0. The number of rotatable bonds is 5. The molecule has 0 heterocycles. The number of hydrogen-bond acceptors (Lipinski definition) is 3. The van der Waals surface area contributed by atoms with Crippen LogP contribution in [0.5, 0.6) is 5.75 Å². The van der Waals surface area contributed by atoms with Crippen LogP contribution in [0.2, 0.25) is 0 Å². The lowest BCUT2D eigenvalue weighted by molar-refractivity contribution is 0.0889. The fourth-order valence-corrected chi connectivity index (χ4v) is 1.90. The molecule has 1 unspecified atom stereocenters. The lowest BCUT2D eigenvalue weighted by atomic mass is 9.87. The first-order valence-corrected chi connectivity index (χ1v) is 5.90. The monoisotopic (exact) mass is 235 g/mol. The van der Waals surface area contributed by atoms with Crippen LogP contribution in [0.25, 0.3) is 0 Å². The number of ether oxygens (including phenoxy) is 1. The van der Waals surface area contributed by atoms with E-state index in [0.717, 1.165) is 5.56 Å². The molecule has 0 spiro atoms. The lowest BCUT2D eigenvalue weighted by Gasteiger charge is -2.19. The molecule has 1 rings (SSSR count). The molecular weight excluding hydrogens is 214 g/mol. The van der Waals surface area contributed by atoms with Crippen molar-refractivity contribution < 1.29 is 9.53 Å². The van der Waals surface area contributed by atoms with Gasteiger partial charge in [-0.3, -0.25) is 4.79 Å². The van der Waals surface area contributed by atoms with Crippen LogP contribution in [0.3, 0.4) is 0 Å².